The molecule has 18 nitrogen and oxygen atoms in total. The lowest BCUT2D eigenvalue weighted by Gasteiger charge is -2.31. The molecule has 4 amide bonds. The number of aromatic nitrogens is 5. The number of imidazole rings is 2. The molecule has 2 saturated heterocycles. The number of nitrogens with zero attached hydrogens (tertiary/aromatic N) is 5. The second kappa shape index (κ2) is 21.1. The number of alkyl carbamates (subject to hydrolysis) is 2. The Hall–Kier alpha value is -7.50. The van der Waals surface area contributed by atoms with E-state index < -0.39 is 30.5 Å². The van der Waals surface area contributed by atoms with Crippen LogP contribution >= 0.6 is 0 Å². The Kier molecular flexibility index (Phi) is 14.5. The average Bonchev–Trinajstić information content (AvgIpc) is 4.25. The number of unbranched alkanes of at least 4 members (excludes halogenated alkanes) is 1. The number of ether oxygens (including phenoxy) is 5. The molecule has 3 aromatic carbocycles. The van der Waals surface area contributed by atoms with Crippen LogP contribution in [0.3, 0.4) is 0 Å². The second-order valence-corrected chi connectivity index (χ2v) is 19.5. The number of rotatable bonds is 16. The van der Waals surface area contributed by atoms with E-state index in [4.69, 9.17) is 33.7 Å². The van der Waals surface area contributed by atoms with Gasteiger partial charge in [0.2, 0.25) is 18.0 Å². The van der Waals surface area contributed by atoms with Crippen molar-refractivity contribution in [3.05, 3.63) is 90.3 Å². The topological polar surface area (TPSA) is 207 Å². The van der Waals surface area contributed by atoms with Gasteiger partial charge in [-0.3, -0.25) is 9.59 Å². The number of benzene rings is 3. The standard InChI is InChI=1S/C54H65N9O9/c1-9-10-21-71-37-24-35(23-36(27-37)68-6)52-63-41-18-16-32(39-28-55-48(57-39)42-13-11-19-61(42)50(64)46(30(2)3)59-53(66)69-7)22-34(41)25-44(63)38-17-15-33(26-45(38)72-52)40-29-56-49(58-40)43-14-12-20-62(43)51(65)47(31(4)5)60-54(67)70-8/h15-18,22-31,42-43,46-47,52H,9-14,19-21H2,1-8H3,(H,55,57)(H,56,58)(H,59,66)(H,60,67)/t42-,43?,46?,47-,52?/m0/s1. The van der Waals surface area contributed by atoms with Crippen LogP contribution in [0.1, 0.15) is 109 Å². The molecule has 0 aliphatic carbocycles. The molecule has 0 saturated carbocycles. The molecule has 4 N–H and O–H groups in total. The predicted molar refractivity (Wildman–Crippen MR) is 270 cm³/mol. The lowest BCUT2D eigenvalue weighted by Crippen LogP contribution is -2.51. The molecule has 0 radical (unpaired) electrons. The van der Waals surface area contributed by atoms with Gasteiger partial charge < -0.3 is 58.7 Å². The van der Waals surface area contributed by atoms with E-state index in [1.54, 1.807) is 18.2 Å². The molecule has 5 atom stereocenters. The first-order valence-corrected chi connectivity index (χ1v) is 25.0. The van der Waals surface area contributed by atoms with Crippen LogP contribution in [-0.4, -0.2) is 111 Å². The summed E-state index contributed by atoms with van der Waals surface area (Å²) < 4.78 is 31.0. The first-order chi connectivity index (χ1) is 34.8. The van der Waals surface area contributed by atoms with Crippen LogP contribution in [0.2, 0.25) is 0 Å². The number of hydrogen-bond acceptors (Lipinski definition) is 11. The Morgan fingerprint density at radius 2 is 1.31 bits per heavy atom. The smallest absolute Gasteiger partial charge is 0.407 e. The number of amides is 4. The van der Waals surface area contributed by atoms with Crippen molar-refractivity contribution in [3.8, 4) is 51.0 Å². The average molecular weight is 984 g/mol. The first-order valence-electron chi connectivity index (χ1n) is 25.0. The minimum Gasteiger partial charge on any atom is -0.497 e. The molecule has 3 aromatic heterocycles. The summed E-state index contributed by atoms with van der Waals surface area (Å²) in [4.78, 5) is 72.4. The zero-order valence-corrected chi connectivity index (χ0v) is 42.2. The van der Waals surface area contributed by atoms with Gasteiger partial charge in [0.05, 0.1) is 75.0 Å². The third kappa shape index (κ3) is 9.78. The number of likely N-dealkylation sites (tertiary alicyclic amines) is 2. The van der Waals surface area contributed by atoms with Gasteiger partial charge in [0, 0.05) is 46.8 Å². The van der Waals surface area contributed by atoms with Gasteiger partial charge in [-0.25, -0.2) is 19.6 Å². The van der Waals surface area contributed by atoms with E-state index in [9.17, 15) is 19.2 Å². The minimum atomic E-state index is -0.739. The van der Waals surface area contributed by atoms with Crippen molar-refractivity contribution in [3.63, 3.8) is 0 Å². The Bertz CT molecular complexity index is 2960. The minimum absolute atomic E-state index is 0.143. The highest BCUT2D eigenvalue weighted by molar-refractivity contribution is 5.93. The van der Waals surface area contributed by atoms with Crippen LogP contribution < -0.4 is 24.8 Å². The highest BCUT2D eigenvalue weighted by Crippen LogP contribution is 2.47. The van der Waals surface area contributed by atoms with Crippen LogP contribution in [0.15, 0.2) is 73.1 Å². The molecular weight excluding hydrogens is 919 g/mol. The van der Waals surface area contributed by atoms with Crippen LogP contribution in [0.5, 0.6) is 17.2 Å². The summed E-state index contributed by atoms with van der Waals surface area (Å²) in [5, 5.41) is 6.43. The van der Waals surface area contributed by atoms with Crippen molar-refractivity contribution in [1.29, 1.82) is 0 Å². The number of nitrogens with one attached hydrogen (secondary N) is 4. The number of hydrogen-bond donors (Lipinski definition) is 4. The number of fused-ring (bicyclic) bond motifs is 5. The van der Waals surface area contributed by atoms with Crippen LogP contribution in [0, 0.1) is 11.8 Å². The Morgan fingerprint density at radius 3 is 1.86 bits per heavy atom. The number of H-pyrrole nitrogens is 2. The fraction of sp³-hybridized carbons (Fsp3) is 0.444. The van der Waals surface area contributed by atoms with Crippen molar-refractivity contribution in [2.75, 3.05) is 41.0 Å². The monoisotopic (exact) mass is 983 g/mol. The van der Waals surface area contributed by atoms with Gasteiger partial charge in [-0.2, -0.15) is 0 Å². The first kappa shape index (κ1) is 49.5. The zero-order valence-electron chi connectivity index (χ0n) is 42.2. The highest BCUT2D eigenvalue weighted by atomic mass is 16.5. The molecule has 72 heavy (non-hydrogen) atoms. The van der Waals surface area contributed by atoms with E-state index in [-0.39, 0.29) is 35.7 Å². The fourth-order valence-electron chi connectivity index (χ4n) is 10.2. The summed E-state index contributed by atoms with van der Waals surface area (Å²) in [7, 11) is 4.22. The second-order valence-electron chi connectivity index (χ2n) is 19.5. The molecule has 380 valence electrons. The summed E-state index contributed by atoms with van der Waals surface area (Å²) in [6, 6.07) is 18.5. The molecule has 0 spiro atoms. The third-order valence-electron chi connectivity index (χ3n) is 14.1. The normalized spacial score (nSPS) is 18.1. The van der Waals surface area contributed by atoms with Gasteiger partial charge >= 0.3 is 12.2 Å². The van der Waals surface area contributed by atoms with Crippen molar-refractivity contribution >= 4 is 34.9 Å². The Morgan fingerprint density at radius 1 is 0.736 bits per heavy atom. The molecular formula is C54H65N9O9. The van der Waals surface area contributed by atoms with Crippen molar-refractivity contribution in [2.45, 2.75) is 104 Å². The largest absolute Gasteiger partial charge is 0.497 e. The van der Waals surface area contributed by atoms with Crippen molar-refractivity contribution in [2.24, 2.45) is 11.8 Å². The van der Waals surface area contributed by atoms with Gasteiger partial charge in [-0.15, -0.1) is 0 Å². The lowest BCUT2D eigenvalue weighted by molar-refractivity contribution is -0.136. The summed E-state index contributed by atoms with van der Waals surface area (Å²) in [5.74, 6) is 2.72. The summed E-state index contributed by atoms with van der Waals surface area (Å²) in [5.41, 5.74) is 6.99. The number of carbonyl (C=O) groups is 4. The van der Waals surface area contributed by atoms with E-state index in [2.05, 4.69) is 62.4 Å². The number of carbonyl (C=O) groups excluding carboxylic acids is 4. The van der Waals surface area contributed by atoms with Gasteiger partial charge in [0.15, 0.2) is 0 Å². The van der Waals surface area contributed by atoms with Gasteiger partial charge in [0.1, 0.15) is 41.0 Å². The SMILES string of the molecule is CCCCOc1cc(OC)cc(C2Oc3cc(-c4cnc(C5CCCN5C(=O)[C@@H](NC(=O)OC)C(C)C)[nH]4)ccc3-c3cc4cc(-c5cnc([C@@H]6CCCN6C(=O)C(NC(=O)OC)C(C)C)[nH]5)ccc4n32)c1. The van der Waals surface area contributed by atoms with Crippen molar-refractivity contribution in [1.82, 2.24) is 44.9 Å². The van der Waals surface area contributed by atoms with E-state index >= 15 is 0 Å². The van der Waals surface area contributed by atoms with Gasteiger partial charge in [-0.1, -0.05) is 53.2 Å². The van der Waals surface area contributed by atoms with E-state index in [1.807, 2.05) is 69.1 Å². The maximum Gasteiger partial charge on any atom is 0.407 e. The Labute approximate surface area is 419 Å². The lowest BCUT2D eigenvalue weighted by atomic mass is 10.0. The molecule has 18 heteroatoms. The van der Waals surface area contributed by atoms with Gasteiger partial charge in [0.25, 0.3) is 0 Å². The summed E-state index contributed by atoms with van der Waals surface area (Å²) in [6.07, 6.45) is 6.69. The molecule has 3 unspecified atom stereocenters. The highest BCUT2D eigenvalue weighted by Gasteiger charge is 2.39. The molecule has 3 aliphatic rings. The van der Waals surface area contributed by atoms with Gasteiger partial charge in [-0.05, 0) is 86.4 Å². The summed E-state index contributed by atoms with van der Waals surface area (Å²) >= 11 is 0. The molecule has 2 fully saturated rings. The maximum absolute atomic E-state index is 13.9. The number of aromatic amines is 2. The quantitative estimate of drug-likeness (QED) is 0.0672. The van der Waals surface area contributed by atoms with Crippen LogP contribution in [0.4, 0.5) is 9.59 Å². The molecule has 0 bridgehead atoms. The maximum atomic E-state index is 13.9. The number of methoxy groups -OCH3 is 3. The molecule has 9 rings (SSSR count). The van der Waals surface area contributed by atoms with E-state index in [1.165, 1.54) is 14.2 Å². The summed E-state index contributed by atoms with van der Waals surface area (Å²) in [6.45, 7) is 11.4. The molecule has 3 aliphatic heterocycles. The van der Waals surface area contributed by atoms with E-state index in [0.29, 0.717) is 48.6 Å². The molecule has 6 heterocycles. The molecule has 6 aromatic rings. The van der Waals surface area contributed by atoms with Crippen molar-refractivity contribution < 1.29 is 42.9 Å². The van der Waals surface area contributed by atoms with Crippen LogP contribution in [0.25, 0.3) is 44.7 Å². The fourth-order valence-corrected chi connectivity index (χ4v) is 10.2. The van der Waals surface area contributed by atoms with Crippen LogP contribution in [-0.2, 0) is 19.1 Å². The zero-order chi connectivity index (χ0) is 50.8. The predicted octanol–water partition coefficient (Wildman–Crippen LogP) is 9.30. The van der Waals surface area contributed by atoms with E-state index in [0.717, 1.165) is 88.8 Å². The third-order valence-corrected chi connectivity index (χ3v) is 14.1. The Balaban J connectivity index is 1.05.